The summed E-state index contributed by atoms with van der Waals surface area (Å²) in [5.74, 6) is 0.401. The summed E-state index contributed by atoms with van der Waals surface area (Å²) >= 11 is 0. The number of carbonyl (C=O) groups excluding carboxylic acids is 1. The molecule has 0 fully saturated rings. The minimum absolute atomic E-state index is 0.0559. The highest BCUT2D eigenvalue weighted by atomic mass is 16.4. The fraction of sp³-hybridized carbons (Fsp3) is 0.167. The fourth-order valence-corrected chi connectivity index (χ4v) is 4.01. The first-order chi connectivity index (χ1) is 14.4. The van der Waals surface area contributed by atoms with Gasteiger partial charge >= 0.3 is 0 Å². The van der Waals surface area contributed by atoms with E-state index in [1.807, 2.05) is 19.9 Å². The molecule has 1 unspecified atom stereocenters. The van der Waals surface area contributed by atoms with Crippen LogP contribution in [0.25, 0.3) is 11.0 Å². The van der Waals surface area contributed by atoms with Crippen molar-refractivity contribution in [2.24, 2.45) is 0 Å². The number of hydrogen-bond acceptors (Lipinski definition) is 5. The minimum atomic E-state index is -0.638. The van der Waals surface area contributed by atoms with Gasteiger partial charge in [-0.25, -0.2) is 0 Å². The Bertz CT molecular complexity index is 1330. The van der Waals surface area contributed by atoms with Gasteiger partial charge in [0.1, 0.15) is 17.1 Å². The summed E-state index contributed by atoms with van der Waals surface area (Å²) in [5.41, 5.74) is 3.17. The SMILES string of the molecule is Cc1cc2oc3c(c(=O)c2cc1C)C(c1ccc(O)cc1)N(Cc1ccco1)C3=O. The average molecular weight is 401 g/mol. The normalized spacial score (nSPS) is 15.7. The molecule has 1 amide bonds. The minimum Gasteiger partial charge on any atom is -0.508 e. The van der Waals surface area contributed by atoms with Crippen LogP contribution in [0.4, 0.5) is 0 Å². The van der Waals surface area contributed by atoms with Gasteiger partial charge in [-0.2, -0.15) is 0 Å². The number of rotatable bonds is 3. The number of hydrogen-bond donors (Lipinski definition) is 1. The molecule has 1 aliphatic rings. The van der Waals surface area contributed by atoms with Gasteiger partial charge in [0.25, 0.3) is 5.91 Å². The molecule has 0 radical (unpaired) electrons. The molecule has 1 atom stereocenters. The molecule has 0 saturated heterocycles. The molecular weight excluding hydrogens is 382 g/mol. The van der Waals surface area contributed by atoms with E-state index in [1.165, 1.54) is 0 Å². The van der Waals surface area contributed by atoms with Gasteiger partial charge in [-0.3, -0.25) is 9.59 Å². The van der Waals surface area contributed by atoms with Crippen LogP contribution in [0.5, 0.6) is 5.75 Å². The first kappa shape index (κ1) is 18.2. The van der Waals surface area contributed by atoms with Crippen molar-refractivity contribution in [3.8, 4) is 5.75 Å². The van der Waals surface area contributed by atoms with E-state index in [0.717, 1.165) is 11.1 Å². The van der Waals surface area contributed by atoms with Crippen molar-refractivity contribution in [2.45, 2.75) is 26.4 Å². The lowest BCUT2D eigenvalue weighted by atomic mass is 9.97. The Morgan fingerprint density at radius 1 is 1.03 bits per heavy atom. The van der Waals surface area contributed by atoms with Gasteiger partial charge in [0.15, 0.2) is 5.43 Å². The highest BCUT2D eigenvalue weighted by molar-refractivity contribution is 5.99. The van der Waals surface area contributed by atoms with E-state index < -0.39 is 6.04 Å². The van der Waals surface area contributed by atoms with Crippen LogP contribution in [0.3, 0.4) is 0 Å². The first-order valence-corrected chi connectivity index (χ1v) is 9.64. The zero-order valence-electron chi connectivity index (χ0n) is 16.5. The van der Waals surface area contributed by atoms with Crippen LogP contribution in [-0.2, 0) is 6.54 Å². The van der Waals surface area contributed by atoms with Crippen molar-refractivity contribution in [3.05, 3.63) is 98.8 Å². The molecule has 2 aromatic heterocycles. The van der Waals surface area contributed by atoms with Crippen molar-refractivity contribution < 1.29 is 18.7 Å². The number of furan rings is 1. The third-order valence-electron chi connectivity index (χ3n) is 5.70. The van der Waals surface area contributed by atoms with Crippen LogP contribution in [0.2, 0.25) is 0 Å². The molecule has 2 aromatic carbocycles. The molecule has 0 spiro atoms. The van der Waals surface area contributed by atoms with Crippen molar-refractivity contribution in [2.75, 3.05) is 0 Å². The number of aryl methyl sites for hydroxylation is 2. The van der Waals surface area contributed by atoms with Crippen LogP contribution in [0, 0.1) is 13.8 Å². The molecule has 3 heterocycles. The molecule has 5 rings (SSSR count). The molecule has 150 valence electrons. The van der Waals surface area contributed by atoms with Crippen molar-refractivity contribution >= 4 is 16.9 Å². The second-order valence-electron chi connectivity index (χ2n) is 7.61. The lowest BCUT2D eigenvalue weighted by molar-refractivity contribution is 0.0701. The summed E-state index contributed by atoms with van der Waals surface area (Å²) in [4.78, 5) is 28.4. The first-order valence-electron chi connectivity index (χ1n) is 9.64. The number of phenols is 1. The van der Waals surface area contributed by atoms with Gasteiger partial charge < -0.3 is 18.8 Å². The van der Waals surface area contributed by atoms with Crippen LogP contribution < -0.4 is 5.43 Å². The summed E-state index contributed by atoms with van der Waals surface area (Å²) in [6, 6.07) is 13.0. The lowest BCUT2D eigenvalue weighted by Crippen LogP contribution is -2.29. The van der Waals surface area contributed by atoms with E-state index in [9.17, 15) is 14.7 Å². The number of amides is 1. The van der Waals surface area contributed by atoms with Gasteiger partial charge in [-0.05, 0) is 66.9 Å². The highest BCUT2D eigenvalue weighted by Crippen LogP contribution is 2.39. The number of fused-ring (bicyclic) bond motifs is 2. The third-order valence-corrected chi connectivity index (χ3v) is 5.70. The van der Waals surface area contributed by atoms with Crippen LogP contribution in [0.1, 0.15) is 44.6 Å². The maximum atomic E-state index is 13.5. The summed E-state index contributed by atoms with van der Waals surface area (Å²) in [5, 5.41) is 10.1. The predicted octanol–water partition coefficient (Wildman–Crippen LogP) is 4.45. The summed E-state index contributed by atoms with van der Waals surface area (Å²) < 4.78 is 11.4. The second kappa shape index (κ2) is 6.62. The maximum Gasteiger partial charge on any atom is 0.291 e. The Morgan fingerprint density at radius 2 is 1.77 bits per heavy atom. The second-order valence-corrected chi connectivity index (χ2v) is 7.61. The third kappa shape index (κ3) is 2.72. The summed E-state index contributed by atoms with van der Waals surface area (Å²) in [7, 11) is 0. The number of carbonyl (C=O) groups is 1. The molecule has 1 aliphatic heterocycles. The number of aromatic hydroxyl groups is 1. The van der Waals surface area contributed by atoms with E-state index in [-0.39, 0.29) is 29.4 Å². The molecule has 1 N–H and O–H groups in total. The maximum absolute atomic E-state index is 13.5. The van der Waals surface area contributed by atoms with E-state index in [4.69, 9.17) is 8.83 Å². The fourth-order valence-electron chi connectivity index (χ4n) is 4.01. The summed E-state index contributed by atoms with van der Waals surface area (Å²) in [6.45, 7) is 4.06. The van der Waals surface area contributed by atoms with E-state index in [1.54, 1.807) is 53.6 Å². The predicted molar refractivity (Wildman–Crippen MR) is 110 cm³/mol. The molecule has 6 nitrogen and oxygen atoms in total. The van der Waals surface area contributed by atoms with Gasteiger partial charge in [-0.1, -0.05) is 12.1 Å². The van der Waals surface area contributed by atoms with Crippen molar-refractivity contribution in [1.29, 1.82) is 0 Å². The van der Waals surface area contributed by atoms with Gasteiger partial charge in [-0.15, -0.1) is 0 Å². The van der Waals surface area contributed by atoms with Crippen molar-refractivity contribution in [1.82, 2.24) is 4.90 Å². The number of phenolic OH excluding ortho intramolecular Hbond substituents is 1. The Labute approximate surface area is 172 Å². The van der Waals surface area contributed by atoms with Crippen LogP contribution >= 0.6 is 0 Å². The van der Waals surface area contributed by atoms with Crippen LogP contribution in [0.15, 0.2) is 68.4 Å². The topological polar surface area (TPSA) is 83.9 Å². The zero-order valence-corrected chi connectivity index (χ0v) is 16.5. The molecule has 0 bridgehead atoms. The highest BCUT2D eigenvalue weighted by Gasteiger charge is 2.43. The quantitative estimate of drug-likeness (QED) is 0.548. The number of benzene rings is 2. The molecular formula is C24H19NO5. The standard InChI is InChI=1S/C24H19NO5/c1-13-10-18-19(11-14(13)2)30-23-20(22(18)27)21(15-5-7-16(26)8-6-15)25(24(23)28)12-17-4-3-9-29-17/h3-11,21,26H,12H2,1-2H3. The summed E-state index contributed by atoms with van der Waals surface area (Å²) in [6.07, 6.45) is 1.54. The van der Waals surface area contributed by atoms with E-state index in [0.29, 0.717) is 27.9 Å². The average Bonchev–Trinajstić information content (AvgIpc) is 3.33. The van der Waals surface area contributed by atoms with E-state index in [2.05, 4.69) is 0 Å². The van der Waals surface area contributed by atoms with Crippen LogP contribution in [-0.4, -0.2) is 15.9 Å². The molecule has 0 saturated carbocycles. The molecule has 4 aromatic rings. The van der Waals surface area contributed by atoms with Gasteiger partial charge in [0.2, 0.25) is 5.76 Å². The Hall–Kier alpha value is -3.80. The number of nitrogens with zero attached hydrogens (tertiary/aromatic N) is 1. The molecule has 6 heteroatoms. The monoisotopic (exact) mass is 401 g/mol. The Balaban J connectivity index is 1.76. The zero-order chi connectivity index (χ0) is 21.0. The Morgan fingerprint density at radius 3 is 2.47 bits per heavy atom. The lowest BCUT2D eigenvalue weighted by Gasteiger charge is -2.24. The van der Waals surface area contributed by atoms with Crippen molar-refractivity contribution in [3.63, 3.8) is 0 Å². The van der Waals surface area contributed by atoms with Gasteiger partial charge in [0, 0.05) is 0 Å². The largest absolute Gasteiger partial charge is 0.508 e. The molecule has 30 heavy (non-hydrogen) atoms. The van der Waals surface area contributed by atoms with Gasteiger partial charge in [0.05, 0.1) is 29.8 Å². The van der Waals surface area contributed by atoms with E-state index >= 15 is 0 Å². The Kier molecular flexibility index (Phi) is 4.03. The smallest absolute Gasteiger partial charge is 0.291 e. The molecule has 0 aliphatic carbocycles.